The number of rotatable bonds is 8. The predicted molar refractivity (Wildman–Crippen MR) is 129 cm³/mol. The highest BCUT2D eigenvalue weighted by atomic mass is 32.2. The summed E-state index contributed by atoms with van der Waals surface area (Å²) in [7, 11) is -3.04. The number of aryl methyl sites for hydroxylation is 1. The maximum Gasteiger partial charge on any atom is 0.339 e. The van der Waals surface area contributed by atoms with Crippen LogP contribution in [0.4, 0.5) is 5.69 Å². The Kier molecular flexibility index (Phi) is 7.20. The summed E-state index contributed by atoms with van der Waals surface area (Å²) >= 11 is 6.36. The lowest BCUT2D eigenvalue weighted by Crippen LogP contribution is -2.27. The first-order valence-electron chi connectivity index (χ1n) is 9.31. The number of thiocarbonyl (C=S) groups is 1. The molecular formula is C21H18N2O7S3. The standard InChI is InChI=1S/C21H18N2O7S3/c1-4-9-22-20(24)19(32-21(22)31)11-14-6-8-17(18(10-14)29-3)30-33(27,28)15-7-5-13(2)16(12-15)23(25)26/h4-8,10-12H,1,9H2,2-3H3/b19-11+. The molecule has 0 radical (unpaired) electrons. The summed E-state index contributed by atoms with van der Waals surface area (Å²) in [5.74, 6) is -0.277. The third kappa shape index (κ3) is 5.24. The van der Waals surface area contributed by atoms with Crippen LogP contribution in [0.3, 0.4) is 0 Å². The van der Waals surface area contributed by atoms with Gasteiger partial charge >= 0.3 is 10.1 Å². The highest BCUT2D eigenvalue weighted by molar-refractivity contribution is 8.26. The molecule has 3 rings (SSSR count). The van der Waals surface area contributed by atoms with Crippen LogP contribution in [0.2, 0.25) is 0 Å². The van der Waals surface area contributed by atoms with Gasteiger partial charge in [-0.3, -0.25) is 19.8 Å². The summed E-state index contributed by atoms with van der Waals surface area (Å²) in [6.45, 7) is 5.41. The summed E-state index contributed by atoms with van der Waals surface area (Å²) in [5, 5.41) is 11.1. The predicted octanol–water partition coefficient (Wildman–Crippen LogP) is 4.07. The Morgan fingerprint density at radius 3 is 2.61 bits per heavy atom. The first kappa shape index (κ1) is 24.4. The SMILES string of the molecule is C=CCN1C(=O)/C(=C\c2ccc(OS(=O)(=O)c3ccc(C)c([N+](=O)[O-])c3)c(OC)c2)SC1=S. The molecule has 1 fully saturated rings. The Morgan fingerprint density at radius 1 is 1.24 bits per heavy atom. The second kappa shape index (κ2) is 9.73. The minimum Gasteiger partial charge on any atom is -0.493 e. The second-order valence-electron chi connectivity index (χ2n) is 6.73. The van der Waals surface area contributed by atoms with Crippen LogP contribution in [0.25, 0.3) is 6.08 Å². The van der Waals surface area contributed by atoms with Crippen LogP contribution in [0, 0.1) is 17.0 Å². The molecule has 0 spiro atoms. The van der Waals surface area contributed by atoms with Crippen LogP contribution in [0.15, 0.2) is 58.9 Å². The lowest BCUT2D eigenvalue weighted by molar-refractivity contribution is -0.385. The van der Waals surface area contributed by atoms with Crippen molar-refractivity contribution in [2.24, 2.45) is 0 Å². The normalized spacial score (nSPS) is 15.1. The molecule has 1 saturated heterocycles. The molecule has 2 aromatic rings. The zero-order valence-electron chi connectivity index (χ0n) is 17.5. The number of amides is 1. The lowest BCUT2D eigenvalue weighted by atomic mass is 10.2. The minimum atomic E-state index is -4.37. The van der Waals surface area contributed by atoms with E-state index in [1.807, 2.05) is 0 Å². The third-order valence-corrected chi connectivity index (χ3v) is 7.14. The molecular weight excluding hydrogens is 488 g/mol. The van der Waals surface area contributed by atoms with Crippen molar-refractivity contribution in [3.63, 3.8) is 0 Å². The van der Waals surface area contributed by atoms with E-state index in [-0.39, 0.29) is 28.0 Å². The van der Waals surface area contributed by atoms with Gasteiger partial charge in [0.25, 0.3) is 11.6 Å². The zero-order chi connectivity index (χ0) is 24.3. The van der Waals surface area contributed by atoms with Gasteiger partial charge in [0.2, 0.25) is 0 Å². The van der Waals surface area contributed by atoms with Gasteiger partial charge in [0.15, 0.2) is 11.5 Å². The Labute approximate surface area is 200 Å². The molecule has 1 amide bonds. The van der Waals surface area contributed by atoms with Crippen LogP contribution in [0.1, 0.15) is 11.1 Å². The van der Waals surface area contributed by atoms with E-state index in [2.05, 4.69) is 6.58 Å². The van der Waals surface area contributed by atoms with Gasteiger partial charge in [-0.2, -0.15) is 8.42 Å². The molecule has 0 bridgehead atoms. The van der Waals surface area contributed by atoms with E-state index in [0.717, 1.165) is 17.8 Å². The van der Waals surface area contributed by atoms with Crippen molar-refractivity contribution in [2.45, 2.75) is 11.8 Å². The molecule has 172 valence electrons. The van der Waals surface area contributed by atoms with E-state index in [9.17, 15) is 23.3 Å². The average Bonchev–Trinajstić information content (AvgIpc) is 3.02. The van der Waals surface area contributed by atoms with Crippen molar-refractivity contribution in [3.8, 4) is 11.5 Å². The van der Waals surface area contributed by atoms with Crippen molar-refractivity contribution >= 4 is 56.1 Å². The number of thioether (sulfide) groups is 1. The molecule has 1 heterocycles. The number of carbonyl (C=O) groups is 1. The van der Waals surface area contributed by atoms with Gasteiger partial charge in [-0.15, -0.1) is 6.58 Å². The summed E-state index contributed by atoms with van der Waals surface area (Å²) in [6, 6.07) is 7.92. The highest BCUT2D eigenvalue weighted by Crippen LogP contribution is 2.36. The third-order valence-electron chi connectivity index (χ3n) is 4.54. The largest absolute Gasteiger partial charge is 0.493 e. The van der Waals surface area contributed by atoms with Crippen LogP contribution in [-0.4, -0.2) is 42.1 Å². The molecule has 1 aliphatic heterocycles. The monoisotopic (exact) mass is 506 g/mol. The summed E-state index contributed by atoms with van der Waals surface area (Å²) < 4.78 is 36.3. The average molecular weight is 507 g/mol. The Morgan fingerprint density at radius 2 is 1.97 bits per heavy atom. The molecule has 12 heteroatoms. The fourth-order valence-electron chi connectivity index (χ4n) is 2.89. The summed E-state index contributed by atoms with van der Waals surface area (Å²) in [5.41, 5.74) is 0.539. The molecule has 9 nitrogen and oxygen atoms in total. The molecule has 1 aliphatic rings. The quantitative estimate of drug-likeness (QED) is 0.130. The van der Waals surface area contributed by atoms with E-state index < -0.39 is 15.0 Å². The van der Waals surface area contributed by atoms with E-state index in [1.165, 1.54) is 43.2 Å². The minimum absolute atomic E-state index is 0.0931. The fraction of sp³-hybridized carbons (Fsp3) is 0.143. The number of nitro groups is 1. The highest BCUT2D eigenvalue weighted by Gasteiger charge is 2.31. The van der Waals surface area contributed by atoms with Gasteiger partial charge in [-0.25, -0.2) is 0 Å². The molecule has 0 saturated carbocycles. The Hall–Kier alpha value is -3.22. The lowest BCUT2D eigenvalue weighted by Gasteiger charge is -2.12. The van der Waals surface area contributed by atoms with Crippen LogP contribution in [0.5, 0.6) is 11.5 Å². The van der Waals surface area contributed by atoms with E-state index in [4.69, 9.17) is 21.1 Å². The van der Waals surface area contributed by atoms with Gasteiger partial charge in [0.05, 0.1) is 16.9 Å². The van der Waals surface area contributed by atoms with E-state index >= 15 is 0 Å². The number of ether oxygens (including phenoxy) is 1. The number of methoxy groups -OCH3 is 1. The Bertz CT molecular complexity index is 1300. The molecule has 2 aromatic carbocycles. The zero-order valence-corrected chi connectivity index (χ0v) is 20.0. The van der Waals surface area contributed by atoms with E-state index in [0.29, 0.717) is 26.9 Å². The van der Waals surface area contributed by atoms with Crippen molar-refractivity contribution in [3.05, 3.63) is 75.2 Å². The number of carbonyl (C=O) groups excluding carboxylic acids is 1. The van der Waals surface area contributed by atoms with Crippen molar-refractivity contribution in [2.75, 3.05) is 13.7 Å². The first-order chi connectivity index (χ1) is 15.6. The molecule has 0 N–H and O–H groups in total. The van der Waals surface area contributed by atoms with Crippen molar-refractivity contribution in [1.82, 2.24) is 4.90 Å². The number of nitrogens with zero attached hydrogens (tertiary/aromatic N) is 2. The van der Waals surface area contributed by atoms with Gasteiger partial charge < -0.3 is 8.92 Å². The van der Waals surface area contributed by atoms with Gasteiger partial charge in [0, 0.05) is 18.2 Å². The molecule has 0 aliphatic carbocycles. The van der Waals surface area contributed by atoms with Gasteiger partial charge in [0.1, 0.15) is 9.22 Å². The van der Waals surface area contributed by atoms with Crippen LogP contribution in [-0.2, 0) is 14.9 Å². The second-order valence-corrected chi connectivity index (χ2v) is 9.96. The smallest absolute Gasteiger partial charge is 0.339 e. The van der Waals surface area contributed by atoms with Gasteiger partial charge in [-0.1, -0.05) is 42.2 Å². The number of hydrogen-bond donors (Lipinski definition) is 0. The maximum atomic E-state index is 12.7. The van der Waals surface area contributed by atoms with Crippen LogP contribution >= 0.6 is 24.0 Å². The number of nitro benzene ring substituents is 1. The number of benzene rings is 2. The maximum absolute atomic E-state index is 12.7. The molecule has 0 unspecified atom stereocenters. The van der Waals surface area contributed by atoms with E-state index in [1.54, 1.807) is 18.2 Å². The number of hydrogen-bond acceptors (Lipinski definition) is 9. The van der Waals surface area contributed by atoms with Crippen molar-refractivity contribution < 1.29 is 27.1 Å². The Balaban J connectivity index is 1.90. The molecule has 33 heavy (non-hydrogen) atoms. The summed E-state index contributed by atoms with van der Waals surface area (Å²) in [6.07, 6.45) is 3.18. The summed E-state index contributed by atoms with van der Waals surface area (Å²) in [4.78, 5) is 24.4. The van der Waals surface area contributed by atoms with Crippen LogP contribution < -0.4 is 8.92 Å². The van der Waals surface area contributed by atoms with Crippen molar-refractivity contribution in [1.29, 1.82) is 0 Å². The topological polar surface area (TPSA) is 116 Å². The molecule has 0 aromatic heterocycles. The fourth-order valence-corrected chi connectivity index (χ4v) is 5.12. The van der Waals surface area contributed by atoms with Gasteiger partial charge in [-0.05, 0) is 36.8 Å². The molecule has 0 atom stereocenters. The first-order valence-corrected chi connectivity index (χ1v) is 11.9.